The molecular weight excluding hydrogens is 308 g/mol. The Balaban J connectivity index is 1.91. The zero-order valence-corrected chi connectivity index (χ0v) is 12.5. The second kappa shape index (κ2) is 7.42. The summed E-state index contributed by atoms with van der Waals surface area (Å²) in [5.41, 5.74) is 0.725. The second-order valence-corrected chi connectivity index (χ2v) is 4.58. The van der Waals surface area contributed by atoms with Crippen molar-refractivity contribution in [3.05, 3.63) is 53.3 Å². The maximum Gasteiger partial charge on any atom is 0.338 e. The van der Waals surface area contributed by atoms with Gasteiger partial charge in [-0.2, -0.15) is 0 Å². The lowest BCUT2D eigenvalue weighted by atomic mass is 10.3. The minimum atomic E-state index is -0.653. The number of esters is 1. The van der Waals surface area contributed by atoms with Crippen LogP contribution in [0.1, 0.15) is 10.4 Å². The van der Waals surface area contributed by atoms with Gasteiger partial charge in [-0.05, 0) is 24.3 Å². The number of carbonyl (C=O) groups excluding carboxylic acids is 2. The van der Waals surface area contributed by atoms with E-state index in [0.29, 0.717) is 11.4 Å². The van der Waals surface area contributed by atoms with E-state index in [1.165, 1.54) is 25.4 Å². The summed E-state index contributed by atoms with van der Waals surface area (Å²) in [7, 11) is 1.50. The van der Waals surface area contributed by atoms with Crippen LogP contribution in [0.2, 0.25) is 5.15 Å². The first-order valence-corrected chi connectivity index (χ1v) is 6.69. The number of anilines is 1. The molecule has 114 valence electrons. The molecule has 1 N–H and O–H groups in total. The Morgan fingerprint density at radius 1 is 1.27 bits per heavy atom. The van der Waals surface area contributed by atoms with Crippen molar-refractivity contribution in [1.82, 2.24) is 4.98 Å². The molecule has 1 aromatic carbocycles. The Morgan fingerprint density at radius 2 is 2.05 bits per heavy atom. The minimum Gasteiger partial charge on any atom is -0.495 e. The summed E-state index contributed by atoms with van der Waals surface area (Å²) in [6.07, 6.45) is 1.38. The molecule has 22 heavy (non-hydrogen) atoms. The van der Waals surface area contributed by atoms with Crippen molar-refractivity contribution in [2.75, 3.05) is 19.0 Å². The number of nitrogens with zero attached hydrogens (tertiary/aromatic N) is 1. The van der Waals surface area contributed by atoms with Gasteiger partial charge < -0.3 is 14.8 Å². The summed E-state index contributed by atoms with van der Waals surface area (Å²) >= 11 is 5.68. The van der Waals surface area contributed by atoms with Gasteiger partial charge in [-0.15, -0.1) is 0 Å². The quantitative estimate of drug-likeness (QED) is 0.676. The van der Waals surface area contributed by atoms with Crippen LogP contribution in [0.3, 0.4) is 0 Å². The molecule has 0 unspecified atom stereocenters. The van der Waals surface area contributed by atoms with E-state index in [-0.39, 0.29) is 10.7 Å². The molecule has 1 aromatic heterocycles. The van der Waals surface area contributed by atoms with E-state index in [1.807, 2.05) is 0 Å². The average Bonchev–Trinajstić information content (AvgIpc) is 2.53. The van der Waals surface area contributed by atoms with Gasteiger partial charge in [0.2, 0.25) is 0 Å². The largest absolute Gasteiger partial charge is 0.495 e. The first-order valence-electron chi connectivity index (χ1n) is 6.31. The van der Waals surface area contributed by atoms with E-state index in [1.54, 1.807) is 24.3 Å². The fraction of sp³-hybridized carbons (Fsp3) is 0.133. The Morgan fingerprint density at radius 3 is 2.77 bits per heavy atom. The van der Waals surface area contributed by atoms with Gasteiger partial charge >= 0.3 is 5.97 Å². The molecule has 2 rings (SSSR count). The molecule has 1 amide bonds. The highest BCUT2D eigenvalue weighted by Gasteiger charge is 2.12. The van der Waals surface area contributed by atoms with Gasteiger partial charge in [0.1, 0.15) is 10.9 Å². The lowest BCUT2D eigenvalue weighted by Crippen LogP contribution is -2.21. The van der Waals surface area contributed by atoms with Crippen LogP contribution in [0.5, 0.6) is 5.75 Å². The number of benzene rings is 1. The van der Waals surface area contributed by atoms with Gasteiger partial charge in [-0.25, -0.2) is 9.78 Å². The highest BCUT2D eigenvalue weighted by atomic mass is 35.5. The lowest BCUT2D eigenvalue weighted by Gasteiger charge is -2.10. The summed E-state index contributed by atoms with van der Waals surface area (Å²) < 4.78 is 10.0. The summed E-state index contributed by atoms with van der Waals surface area (Å²) in [4.78, 5) is 27.3. The molecule has 2 aromatic rings. The number of aromatic nitrogens is 1. The number of nitrogens with one attached hydrogen (secondary N) is 1. The van der Waals surface area contributed by atoms with E-state index in [9.17, 15) is 9.59 Å². The molecule has 0 aliphatic rings. The van der Waals surface area contributed by atoms with E-state index < -0.39 is 18.5 Å². The monoisotopic (exact) mass is 320 g/mol. The Labute approximate surface area is 132 Å². The first-order chi connectivity index (χ1) is 10.6. The van der Waals surface area contributed by atoms with Gasteiger partial charge in [0, 0.05) is 6.20 Å². The third-order valence-corrected chi connectivity index (χ3v) is 2.88. The first kappa shape index (κ1) is 15.8. The molecule has 0 aliphatic heterocycles. The maximum atomic E-state index is 11.8. The van der Waals surface area contributed by atoms with Crippen LogP contribution < -0.4 is 10.1 Å². The molecule has 1 heterocycles. The number of pyridine rings is 1. The predicted octanol–water partition coefficient (Wildman–Crippen LogP) is 2.54. The predicted molar refractivity (Wildman–Crippen MR) is 81.2 cm³/mol. The fourth-order valence-corrected chi connectivity index (χ4v) is 1.85. The normalized spacial score (nSPS) is 9.91. The standard InChI is InChI=1S/C15H13ClN2O4/c1-21-12-5-3-2-4-11(12)18-14(19)9-22-15(20)10-6-7-17-13(16)8-10/h2-8H,9H2,1H3,(H,18,19). The van der Waals surface area contributed by atoms with Crippen molar-refractivity contribution in [2.45, 2.75) is 0 Å². The summed E-state index contributed by atoms with van der Waals surface area (Å²) in [6, 6.07) is 9.74. The molecule has 0 saturated carbocycles. The Bertz CT molecular complexity index is 691. The Kier molecular flexibility index (Phi) is 5.32. The van der Waals surface area contributed by atoms with Gasteiger partial charge in [-0.1, -0.05) is 23.7 Å². The lowest BCUT2D eigenvalue weighted by molar-refractivity contribution is -0.119. The Hall–Kier alpha value is -2.60. The molecule has 6 nitrogen and oxygen atoms in total. The fourth-order valence-electron chi connectivity index (χ4n) is 1.68. The topological polar surface area (TPSA) is 77.5 Å². The van der Waals surface area contributed by atoms with Gasteiger partial charge in [0.25, 0.3) is 5.91 Å². The zero-order valence-electron chi connectivity index (χ0n) is 11.7. The molecule has 0 bridgehead atoms. The molecule has 0 radical (unpaired) electrons. The number of ether oxygens (including phenoxy) is 2. The van der Waals surface area contributed by atoms with E-state index >= 15 is 0 Å². The number of amides is 1. The van der Waals surface area contributed by atoms with Crippen molar-refractivity contribution in [1.29, 1.82) is 0 Å². The van der Waals surface area contributed by atoms with Crippen molar-refractivity contribution in [3.8, 4) is 5.75 Å². The number of hydrogen-bond donors (Lipinski definition) is 1. The van der Waals surface area contributed by atoms with Crippen LogP contribution in [0, 0.1) is 0 Å². The van der Waals surface area contributed by atoms with Crippen molar-refractivity contribution >= 4 is 29.2 Å². The molecule has 0 atom stereocenters. The van der Waals surface area contributed by atoms with Crippen LogP contribution in [0.25, 0.3) is 0 Å². The smallest absolute Gasteiger partial charge is 0.338 e. The third kappa shape index (κ3) is 4.20. The van der Waals surface area contributed by atoms with Gasteiger partial charge in [0.15, 0.2) is 6.61 Å². The van der Waals surface area contributed by atoms with E-state index in [4.69, 9.17) is 21.1 Å². The summed E-state index contributed by atoms with van der Waals surface area (Å²) in [5, 5.41) is 2.77. The van der Waals surface area contributed by atoms with Crippen molar-refractivity contribution in [3.63, 3.8) is 0 Å². The average molecular weight is 321 g/mol. The molecule has 0 saturated heterocycles. The van der Waals surface area contributed by atoms with Gasteiger partial charge in [0.05, 0.1) is 18.4 Å². The SMILES string of the molecule is COc1ccccc1NC(=O)COC(=O)c1ccnc(Cl)c1. The van der Waals surface area contributed by atoms with Gasteiger partial charge in [-0.3, -0.25) is 4.79 Å². The van der Waals surface area contributed by atoms with Crippen LogP contribution in [0.4, 0.5) is 5.69 Å². The number of rotatable bonds is 5. The summed E-state index contributed by atoms with van der Waals surface area (Å²) in [6.45, 7) is -0.420. The molecule has 0 spiro atoms. The minimum absolute atomic E-state index is 0.174. The second-order valence-electron chi connectivity index (χ2n) is 4.19. The van der Waals surface area contributed by atoms with Crippen molar-refractivity contribution < 1.29 is 19.1 Å². The number of hydrogen-bond acceptors (Lipinski definition) is 5. The maximum absolute atomic E-state index is 11.8. The van der Waals surface area contributed by atoms with Crippen LogP contribution in [0.15, 0.2) is 42.6 Å². The highest BCUT2D eigenvalue weighted by molar-refractivity contribution is 6.29. The molecule has 0 aliphatic carbocycles. The van der Waals surface area contributed by atoms with Crippen LogP contribution in [-0.2, 0) is 9.53 Å². The molecular formula is C15H13ClN2O4. The van der Waals surface area contributed by atoms with Crippen molar-refractivity contribution in [2.24, 2.45) is 0 Å². The molecule has 0 fully saturated rings. The highest BCUT2D eigenvalue weighted by Crippen LogP contribution is 2.22. The number of para-hydroxylation sites is 2. The number of carbonyl (C=O) groups is 2. The van der Waals surface area contributed by atoms with E-state index in [0.717, 1.165) is 0 Å². The summed E-state index contributed by atoms with van der Waals surface area (Å²) in [5.74, 6) is -0.611. The third-order valence-electron chi connectivity index (χ3n) is 2.68. The number of halogens is 1. The van der Waals surface area contributed by atoms with Crippen LogP contribution in [-0.4, -0.2) is 30.6 Å². The van der Waals surface area contributed by atoms with Crippen LogP contribution >= 0.6 is 11.6 Å². The molecule has 7 heteroatoms. The van der Waals surface area contributed by atoms with E-state index in [2.05, 4.69) is 10.3 Å². The zero-order chi connectivity index (χ0) is 15.9. The number of methoxy groups -OCH3 is 1.